The molecule has 2 N–H and O–H groups in total. The van der Waals surface area contributed by atoms with Gasteiger partial charge in [0.1, 0.15) is 5.75 Å². The highest BCUT2D eigenvalue weighted by atomic mass is 35.5. The van der Waals surface area contributed by atoms with Gasteiger partial charge in [0.05, 0.1) is 24.8 Å². The highest BCUT2D eigenvalue weighted by molar-refractivity contribution is 6.32. The Morgan fingerprint density at radius 3 is 2.35 bits per heavy atom. The minimum Gasteiger partial charge on any atom is -0.504 e. The second kappa shape index (κ2) is 7.07. The maximum atomic E-state index is 11.6. The van der Waals surface area contributed by atoms with Crippen LogP contribution >= 0.6 is 11.6 Å². The molecule has 5 nitrogen and oxygen atoms in total. The van der Waals surface area contributed by atoms with E-state index in [1.165, 1.54) is 32.4 Å². The molecule has 0 aliphatic rings. The van der Waals surface area contributed by atoms with Crippen LogP contribution in [0.15, 0.2) is 36.4 Å². The van der Waals surface area contributed by atoms with Gasteiger partial charge in [0, 0.05) is 0 Å². The van der Waals surface area contributed by atoms with Crippen LogP contribution in [0.1, 0.15) is 11.1 Å². The van der Waals surface area contributed by atoms with Gasteiger partial charge in [-0.3, -0.25) is 0 Å². The quantitative estimate of drug-likeness (QED) is 0.644. The number of methoxy groups -OCH3 is 2. The first-order valence-corrected chi connectivity index (χ1v) is 7.00. The third-order valence-electron chi connectivity index (χ3n) is 3.21. The van der Waals surface area contributed by atoms with E-state index in [4.69, 9.17) is 21.1 Å². The van der Waals surface area contributed by atoms with Crippen molar-refractivity contribution in [3.63, 3.8) is 0 Å². The van der Waals surface area contributed by atoms with Crippen molar-refractivity contribution < 1.29 is 24.5 Å². The summed E-state index contributed by atoms with van der Waals surface area (Å²) in [6.07, 6.45) is 1.47. The van der Waals surface area contributed by atoms with E-state index in [9.17, 15) is 15.0 Å². The van der Waals surface area contributed by atoms with Crippen molar-refractivity contribution in [1.29, 1.82) is 0 Å². The molecule has 2 aromatic carbocycles. The summed E-state index contributed by atoms with van der Waals surface area (Å²) in [7, 11) is 2.90. The highest BCUT2D eigenvalue weighted by Crippen LogP contribution is 2.31. The fourth-order valence-corrected chi connectivity index (χ4v) is 2.31. The Morgan fingerprint density at radius 2 is 1.78 bits per heavy atom. The predicted molar refractivity (Wildman–Crippen MR) is 88.2 cm³/mol. The molecule has 0 bridgehead atoms. The first-order valence-electron chi connectivity index (χ1n) is 6.62. The molecule has 0 saturated heterocycles. The second-order valence-electron chi connectivity index (χ2n) is 4.64. The van der Waals surface area contributed by atoms with Crippen LogP contribution in [0.3, 0.4) is 0 Å². The summed E-state index contributed by atoms with van der Waals surface area (Å²) in [6.45, 7) is 0. The number of halogens is 1. The summed E-state index contributed by atoms with van der Waals surface area (Å²) in [5, 5.41) is 19.4. The molecule has 6 heteroatoms. The maximum absolute atomic E-state index is 11.6. The number of carboxylic acids is 1. The molecule has 0 heterocycles. The van der Waals surface area contributed by atoms with Crippen molar-refractivity contribution in [3.05, 3.63) is 52.5 Å². The van der Waals surface area contributed by atoms with Crippen LogP contribution in [0.4, 0.5) is 0 Å². The zero-order valence-electron chi connectivity index (χ0n) is 12.5. The molecule has 0 fully saturated rings. The van der Waals surface area contributed by atoms with Crippen LogP contribution in [-0.2, 0) is 4.79 Å². The van der Waals surface area contributed by atoms with Gasteiger partial charge in [-0.2, -0.15) is 0 Å². The smallest absolute Gasteiger partial charge is 0.336 e. The van der Waals surface area contributed by atoms with Crippen LogP contribution in [0, 0.1) is 0 Å². The summed E-state index contributed by atoms with van der Waals surface area (Å²) in [5.74, 6) is -0.394. The molecule has 120 valence electrons. The third kappa shape index (κ3) is 3.76. The number of hydrogen-bond donors (Lipinski definition) is 2. The molecule has 0 aromatic heterocycles. The van der Waals surface area contributed by atoms with E-state index >= 15 is 0 Å². The van der Waals surface area contributed by atoms with Gasteiger partial charge in [0.25, 0.3) is 0 Å². The number of phenols is 1. The van der Waals surface area contributed by atoms with Gasteiger partial charge in [-0.05, 0) is 41.5 Å². The van der Waals surface area contributed by atoms with Crippen LogP contribution in [0.2, 0.25) is 5.02 Å². The standard InChI is InChI=1S/C17H15ClO5/c1-22-15-6-4-11(9-13(15)18)12(17(20)21)7-10-3-5-14(19)16(8-10)23-2/h3-9,19H,1-2H3,(H,20,21)/b12-7-. The van der Waals surface area contributed by atoms with Crippen LogP contribution in [-0.4, -0.2) is 30.4 Å². The van der Waals surface area contributed by atoms with Crippen molar-refractivity contribution in [2.24, 2.45) is 0 Å². The van der Waals surface area contributed by atoms with Crippen molar-refractivity contribution in [1.82, 2.24) is 0 Å². The monoisotopic (exact) mass is 334 g/mol. The van der Waals surface area contributed by atoms with Gasteiger partial charge in [-0.1, -0.05) is 23.7 Å². The number of aliphatic carboxylic acids is 1. The Hall–Kier alpha value is -2.66. The first kappa shape index (κ1) is 16.7. The SMILES string of the molecule is COc1cc(/C=C(\C(=O)O)c2ccc(OC)c(Cl)c2)ccc1O. The van der Waals surface area contributed by atoms with Gasteiger partial charge in [0.15, 0.2) is 11.5 Å². The molecule has 0 amide bonds. The topological polar surface area (TPSA) is 76.0 Å². The van der Waals surface area contributed by atoms with E-state index in [-0.39, 0.29) is 17.1 Å². The van der Waals surface area contributed by atoms with Gasteiger partial charge in [-0.25, -0.2) is 4.79 Å². The Kier molecular flexibility index (Phi) is 5.13. The normalized spacial score (nSPS) is 11.2. The Labute approximate surface area is 138 Å². The molecule has 0 radical (unpaired) electrons. The predicted octanol–water partition coefficient (Wildman–Crippen LogP) is 3.69. The molecule has 0 unspecified atom stereocenters. The number of carboxylic acid groups (broad SMARTS) is 1. The van der Waals surface area contributed by atoms with E-state index in [0.717, 1.165) is 0 Å². The van der Waals surface area contributed by atoms with E-state index < -0.39 is 5.97 Å². The molecular weight excluding hydrogens is 320 g/mol. The largest absolute Gasteiger partial charge is 0.504 e. The molecule has 0 spiro atoms. The lowest BCUT2D eigenvalue weighted by atomic mass is 10.0. The number of phenolic OH excluding ortho intramolecular Hbond substituents is 1. The highest BCUT2D eigenvalue weighted by Gasteiger charge is 2.13. The van der Waals surface area contributed by atoms with Crippen LogP contribution in [0.25, 0.3) is 11.6 Å². The van der Waals surface area contributed by atoms with Crippen molar-refractivity contribution in [2.45, 2.75) is 0 Å². The average molecular weight is 335 g/mol. The second-order valence-corrected chi connectivity index (χ2v) is 5.05. The maximum Gasteiger partial charge on any atom is 0.336 e. The van der Waals surface area contributed by atoms with Gasteiger partial charge in [-0.15, -0.1) is 0 Å². The van der Waals surface area contributed by atoms with Gasteiger partial charge >= 0.3 is 5.97 Å². The number of hydrogen-bond acceptors (Lipinski definition) is 4. The Morgan fingerprint density at radius 1 is 1.09 bits per heavy atom. The fourth-order valence-electron chi connectivity index (χ4n) is 2.05. The van der Waals surface area contributed by atoms with Crippen LogP contribution < -0.4 is 9.47 Å². The fraction of sp³-hybridized carbons (Fsp3) is 0.118. The zero-order valence-corrected chi connectivity index (χ0v) is 13.3. The van der Waals surface area contributed by atoms with E-state index in [2.05, 4.69) is 0 Å². The number of ether oxygens (including phenoxy) is 2. The molecule has 23 heavy (non-hydrogen) atoms. The summed E-state index contributed by atoms with van der Waals surface area (Å²) < 4.78 is 10.1. The molecule has 0 atom stereocenters. The molecule has 0 aliphatic carbocycles. The number of aromatic hydroxyl groups is 1. The van der Waals surface area contributed by atoms with Gasteiger partial charge in [0.2, 0.25) is 0 Å². The van der Waals surface area contributed by atoms with Gasteiger partial charge < -0.3 is 19.7 Å². The molecule has 2 aromatic rings. The Bertz CT molecular complexity index is 768. The Balaban J connectivity index is 2.50. The van der Waals surface area contributed by atoms with Crippen molar-refractivity contribution >= 4 is 29.2 Å². The third-order valence-corrected chi connectivity index (χ3v) is 3.50. The number of rotatable bonds is 5. The number of benzene rings is 2. The molecule has 0 aliphatic heterocycles. The lowest BCUT2D eigenvalue weighted by molar-refractivity contribution is -0.130. The lowest BCUT2D eigenvalue weighted by Gasteiger charge is -2.08. The van der Waals surface area contributed by atoms with E-state index in [0.29, 0.717) is 21.9 Å². The molecule has 0 saturated carbocycles. The van der Waals surface area contributed by atoms with E-state index in [1.807, 2.05) is 0 Å². The summed E-state index contributed by atoms with van der Waals surface area (Å²) in [4.78, 5) is 11.6. The average Bonchev–Trinajstić information content (AvgIpc) is 2.53. The van der Waals surface area contributed by atoms with Crippen molar-refractivity contribution in [3.8, 4) is 17.2 Å². The van der Waals surface area contributed by atoms with Crippen LogP contribution in [0.5, 0.6) is 17.2 Å². The molecular formula is C17H15ClO5. The summed E-state index contributed by atoms with van der Waals surface area (Å²) in [5.41, 5.74) is 1.07. The lowest BCUT2D eigenvalue weighted by Crippen LogP contribution is -2.00. The summed E-state index contributed by atoms with van der Waals surface area (Å²) in [6, 6.07) is 9.31. The molecule has 2 rings (SSSR count). The van der Waals surface area contributed by atoms with Crippen molar-refractivity contribution in [2.75, 3.05) is 14.2 Å². The minimum atomic E-state index is -1.10. The van der Waals surface area contributed by atoms with E-state index in [1.54, 1.807) is 24.3 Å². The number of carbonyl (C=O) groups is 1. The minimum absolute atomic E-state index is 0.0194. The summed E-state index contributed by atoms with van der Waals surface area (Å²) >= 11 is 6.05. The first-order chi connectivity index (χ1) is 11.0. The zero-order chi connectivity index (χ0) is 17.0.